The molecule has 0 bridgehead atoms. The largest absolute Gasteiger partial charge is 0.490 e. The Labute approximate surface area is 111 Å². The molecule has 0 unspecified atom stereocenters. The van der Waals surface area contributed by atoms with Crippen molar-refractivity contribution < 1.29 is 21.9 Å². The minimum atomic E-state index is -4.28. The van der Waals surface area contributed by atoms with Gasteiger partial charge in [-0.3, -0.25) is 0 Å². The number of halogens is 2. The second-order valence-electron chi connectivity index (χ2n) is 4.62. The van der Waals surface area contributed by atoms with Crippen LogP contribution >= 0.6 is 0 Å². The summed E-state index contributed by atoms with van der Waals surface area (Å²) in [4.78, 5) is -0.875. The zero-order chi connectivity index (χ0) is 14.6. The molecule has 7 heteroatoms. The zero-order valence-electron chi connectivity index (χ0n) is 10.8. The lowest BCUT2D eigenvalue weighted by molar-refractivity contribution is 0.278. The summed E-state index contributed by atoms with van der Waals surface area (Å²) in [6, 6.07) is 1.96. The van der Waals surface area contributed by atoms with Crippen molar-refractivity contribution in [3.05, 3.63) is 23.8 Å². The molecule has 0 amide bonds. The van der Waals surface area contributed by atoms with E-state index in [0.717, 1.165) is 18.6 Å². The van der Waals surface area contributed by atoms with E-state index in [1.165, 1.54) is 0 Å². The van der Waals surface area contributed by atoms with Gasteiger partial charge in [0.25, 0.3) is 0 Å². The first-order valence-corrected chi connectivity index (χ1v) is 7.41. The van der Waals surface area contributed by atoms with Crippen LogP contribution in [0.2, 0.25) is 0 Å². The molecule has 19 heavy (non-hydrogen) atoms. The monoisotopic (exact) mass is 293 g/mol. The molecule has 0 atom stereocenters. The summed E-state index contributed by atoms with van der Waals surface area (Å²) in [5, 5.41) is 4.76. The van der Waals surface area contributed by atoms with Gasteiger partial charge in [-0.05, 0) is 30.9 Å². The molecule has 0 aliphatic heterocycles. The number of rotatable bonds is 6. The van der Waals surface area contributed by atoms with Gasteiger partial charge in [-0.25, -0.2) is 17.9 Å². The van der Waals surface area contributed by atoms with Gasteiger partial charge in [0.1, 0.15) is 4.90 Å². The standard InChI is InChI=1S/C12H17F2NO3S/c1-8(2)4-3-7-18-9-5-6-10(19(15,16)17)12(14)11(9)13/h5-6,8H,3-4,7H2,1-2H3,(H2,15,16,17). The van der Waals surface area contributed by atoms with Crippen molar-refractivity contribution in [2.75, 3.05) is 6.61 Å². The summed E-state index contributed by atoms with van der Waals surface area (Å²) < 4.78 is 54.1. The van der Waals surface area contributed by atoms with Crippen LogP contribution in [0.5, 0.6) is 5.75 Å². The second kappa shape index (κ2) is 6.29. The minimum Gasteiger partial charge on any atom is -0.490 e. The number of ether oxygens (including phenoxy) is 1. The molecule has 0 spiro atoms. The average molecular weight is 293 g/mol. The number of hydrogen-bond donors (Lipinski definition) is 1. The van der Waals surface area contributed by atoms with Crippen LogP contribution in [0.3, 0.4) is 0 Å². The summed E-state index contributed by atoms with van der Waals surface area (Å²) in [6.45, 7) is 4.32. The van der Waals surface area contributed by atoms with E-state index in [1.54, 1.807) is 0 Å². The molecule has 0 aliphatic carbocycles. The molecule has 0 aliphatic rings. The van der Waals surface area contributed by atoms with Crippen LogP contribution in [0.25, 0.3) is 0 Å². The van der Waals surface area contributed by atoms with Crippen LogP contribution in [0.4, 0.5) is 8.78 Å². The van der Waals surface area contributed by atoms with Gasteiger partial charge in [-0.1, -0.05) is 13.8 Å². The summed E-state index contributed by atoms with van der Waals surface area (Å²) in [5.74, 6) is -2.66. The van der Waals surface area contributed by atoms with Gasteiger partial charge in [-0.15, -0.1) is 0 Å². The highest BCUT2D eigenvalue weighted by molar-refractivity contribution is 7.89. The van der Waals surface area contributed by atoms with E-state index in [9.17, 15) is 17.2 Å². The second-order valence-corrected chi connectivity index (χ2v) is 6.15. The fourth-order valence-corrected chi connectivity index (χ4v) is 2.12. The highest BCUT2D eigenvalue weighted by Gasteiger charge is 2.21. The highest BCUT2D eigenvalue weighted by Crippen LogP contribution is 2.25. The molecular weight excluding hydrogens is 276 g/mol. The van der Waals surface area contributed by atoms with Crippen molar-refractivity contribution in [2.45, 2.75) is 31.6 Å². The van der Waals surface area contributed by atoms with Crippen molar-refractivity contribution in [1.82, 2.24) is 0 Å². The van der Waals surface area contributed by atoms with Crippen LogP contribution in [-0.4, -0.2) is 15.0 Å². The third kappa shape index (κ3) is 4.43. The van der Waals surface area contributed by atoms with Crippen molar-refractivity contribution in [1.29, 1.82) is 0 Å². The van der Waals surface area contributed by atoms with Gasteiger partial charge >= 0.3 is 0 Å². The molecule has 1 rings (SSSR count). The lowest BCUT2D eigenvalue weighted by atomic mass is 10.1. The Hall–Kier alpha value is -1.21. The van der Waals surface area contributed by atoms with E-state index < -0.39 is 26.6 Å². The maximum atomic E-state index is 13.6. The lowest BCUT2D eigenvalue weighted by Gasteiger charge is -2.10. The summed E-state index contributed by atoms with van der Waals surface area (Å²) >= 11 is 0. The molecule has 0 heterocycles. The maximum Gasteiger partial charge on any atom is 0.241 e. The van der Waals surface area contributed by atoms with Gasteiger partial charge in [0, 0.05) is 0 Å². The normalized spacial score (nSPS) is 11.9. The molecular formula is C12H17F2NO3S. The summed E-state index contributed by atoms with van der Waals surface area (Å²) in [5.41, 5.74) is 0. The maximum absolute atomic E-state index is 13.6. The Balaban J connectivity index is 2.80. The Kier molecular flexibility index (Phi) is 5.25. The van der Waals surface area contributed by atoms with Gasteiger partial charge in [0.05, 0.1) is 6.61 Å². The molecule has 1 aromatic rings. The quantitative estimate of drug-likeness (QED) is 0.819. The Morgan fingerprint density at radius 1 is 1.26 bits per heavy atom. The molecule has 4 nitrogen and oxygen atoms in total. The van der Waals surface area contributed by atoms with E-state index in [4.69, 9.17) is 9.88 Å². The average Bonchev–Trinajstić information content (AvgIpc) is 2.27. The number of sulfonamides is 1. The Morgan fingerprint density at radius 2 is 1.89 bits per heavy atom. The smallest absolute Gasteiger partial charge is 0.241 e. The predicted octanol–water partition coefficient (Wildman–Crippen LogP) is 2.43. The van der Waals surface area contributed by atoms with Gasteiger partial charge in [-0.2, -0.15) is 4.39 Å². The van der Waals surface area contributed by atoms with Crippen LogP contribution in [0.1, 0.15) is 26.7 Å². The molecule has 0 aromatic heterocycles. The molecule has 1 aromatic carbocycles. The number of primary sulfonamides is 1. The fourth-order valence-electron chi connectivity index (χ4n) is 1.52. The van der Waals surface area contributed by atoms with Crippen molar-refractivity contribution in [3.63, 3.8) is 0 Å². The Bertz CT molecular complexity index is 544. The number of hydrogen-bond acceptors (Lipinski definition) is 3. The minimum absolute atomic E-state index is 0.239. The van der Waals surface area contributed by atoms with Crippen LogP contribution in [0.15, 0.2) is 17.0 Å². The van der Waals surface area contributed by atoms with Gasteiger partial charge in [0.15, 0.2) is 11.6 Å². The summed E-state index contributed by atoms with van der Waals surface area (Å²) in [6.07, 6.45) is 1.61. The van der Waals surface area contributed by atoms with E-state index in [2.05, 4.69) is 0 Å². The number of benzene rings is 1. The molecule has 2 N–H and O–H groups in total. The van der Waals surface area contributed by atoms with Crippen LogP contribution in [-0.2, 0) is 10.0 Å². The third-order valence-electron chi connectivity index (χ3n) is 2.50. The number of nitrogens with two attached hydrogens (primary N) is 1. The topological polar surface area (TPSA) is 69.4 Å². The molecule has 0 fully saturated rings. The SMILES string of the molecule is CC(C)CCCOc1ccc(S(N)(=O)=O)c(F)c1F. The van der Waals surface area contributed by atoms with Crippen molar-refractivity contribution in [3.8, 4) is 5.75 Å². The van der Waals surface area contributed by atoms with E-state index in [1.807, 2.05) is 13.8 Å². The van der Waals surface area contributed by atoms with Gasteiger partial charge < -0.3 is 4.74 Å². The lowest BCUT2D eigenvalue weighted by Crippen LogP contribution is -2.15. The highest BCUT2D eigenvalue weighted by atomic mass is 32.2. The molecule has 0 saturated carbocycles. The summed E-state index contributed by atoms with van der Waals surface area (Å²) in [7, 11) is -4.28. The first-order chi connectivity index (χ1) is 8.73. The van der Waals surface area contributed by atoms with Crippen LogP contribution < -0.4 is 9.88 Å². The van der Waals surface area contributed by atoms with Crippen molar-refractivity contribution >= 4 is 10.0 Å². The van der Waals surface area contributed by atoms with E-state index in [0.29, 0.717) is 12.3 Å². The predicted molar refractivity (Wildman–Crippen MR) is 67.3 cm³/mol. The fraction of sp³-hybridized carbons (Fsp3) is 0.500. The van der Waals surface area contributed by atoms with E-state index >= 15 is 0 Å². The molecule has 0 radical (unpaired) electrons. The van der Waals surface area contributed by atoms with Gasteiger partial charge in [0.2, 0.25) is 15.8 Å². The van der Waals surface area contributed by atoms with E-state index in [-0.39, 0.29) is 12.4 Å². The zero-order valence-corrected chi connectivity index (χ0v) is 11.6. The molecule has 0 saturated heterocycles. The first-order valence-electron chi connectivity index (χ1n) is 5.87. The molecule has 108 valence electrons. The third-order valence-corrected chi connectivity index (χ3v) is 3.43. The van der Waals surface area contributed by atoms with Crippen molar-refractivity contribution in [2.24, 2.45) is 11.1 Å². The Morgan fingerprint density at radius 3 is 2.42 bits per heavy atom. The van der Waals surface area contributed by atoms with Crippen LogP contribution in [0, 0.1) is 17.6 Å². The first kappa shape index (κ1) is 15.8.